The van der Waals surface area contributed by atoms with Gasteiger partial charge in [-0.05, 0) is 6.92 Å². The van der Waals surface area contributed by atoms with Gasteiger partial charge in [-0.1, -0.05) is 12.2 Å². The van der Waals surface area contributed by atoms with Crippen molar-refractivity contribution in [2.24, 2.45) is 0 Å². The topological polar surface area (TPSA) is 62.3 Å². The number of hydrogen-bond acceptors (Lipinski definition) is 4. The Morgan fingerprint density at radius 2 is 1.76 bits per heavy atom. The standard InChI is InChI=1S/C12H7F4NO3S/c1-2-20-12(19)4-10(18)3-5(13)6(14)7(15)8(16)9(3)17-11(4)21/h2H2,1H3,(H2,17,18,21). The molecule has 0 atom stereocenters. The van der Waals surface area contributed by atoms with Crippen LogP contribution in [0.4, 0.5) is 17.6 Å². The molecule has 0 aliphatic rings. The van der Waals surface area contributed by atoms with Gasteiger partial charge in [0.15, 0.2) is 23.3 Å². The maximum Gasteiger partial charge on any atom is 0.344 e. The van der Waals surface area contributed by atoms with Crippen LogP contribution in [0.1, 0.15) is 17.3 Å². The van der Waals surface area contributed by atoms with Crippen molar-refractivity contribution in [3.05, 3.63) is 33.5 Å². The van der Waals surface area contributed by atoms with E-state index in [9.17, 15) is 27.5 Å². The van der Waals surface area contributed by atoms with E-state index in [0.29, 0.717) is 0 Å². The van der Waals surface area contributed by atoms with E-state index in [0.717, 1.165) is 0 Å². The number of carbonyl (C=O) groups is 1. The van der Waals surface area contributed by atoms with E-state index in [1.807, 2.05) is 4.98 Å². The number of aromatic nitrogens is 1. The lowest BCUT2D eigenvalue weighted by atomic mass is 10.1. The van der Waals surface area contributed by atoms with Gasteiger partial charge in [0.25, 0.3) is 0 Å². The molecule has 4 nitrogen and oxygen atoms in total. The number of esters is 1. The van der Waals surface area contributed by atoms with E-state index < -0.39 is 56.1 Å². The molecule has 0 unspecified atom stereocenters. The number of aromatic amines is 1. The van der Waals surface area contributed by atoms with Crippen LogP contribution in [0.25, 0.3) is 10.9 Å². The molecule has 21 heavy (non-hydrogen) atoms. The summed E-state index contributed by atoms with van der Waals surface area (Å²) in [4.78, 5) is 13.7. The fourth-order valence-electron chi connectivity index (χ4n) is 1.77. The van der Waals surface area contributed by atoms with Crippen LogP contribution < -0.4 is 0 Å². The molecule has 2 N–H and O–H groups in total. The number of nitrogens with one attached hydrogen (secondary N) is 1. The third-order valence-electron chi connectivity index (χ3n) is 2.69. The Kier molecular flexibility index (Phi) is 3.86. The van der Waals surface area contributed by atoms with Gasteiger partial charge in [-0.15, -0.1) is 0 Å². The first-order chi connectivity index (χ1) is 9.81. The molecule has 0 saturated carbocycles. The van der Waals surface area contributed by atoms with Crippen LogP contribution in [0, 0.1) is 27.9 Å². The van der Waals surface area contributed by atoms with Crippen molar-refractivity contribution < 1.29 is 32.2 Å². The zero-order valence-corrected chi connectivity index (χ0v) is 11.2. The molecule has 0 saturated heterocycles. The van der Waals surface area contributed by atoms with Gasteiger partial charge in [-0.2, -0.15) is 0 Å². The number of fused-ring (bicyclic) bond motifs is 1. The average Bonchev–Trinajstić information content (AvgIpc) is 2.42. The van der Waals surface area contributed by atoms with Crippen molar-refractivity contribution in [2.45, 2.75) is 6.92 Å². The van der Waals surface area contributed by atoms with Gasteiger partial charge in [-0.3, -0.25) is 0 Å². The second-order valence-electron chi connectivity index (χ2n) is 3.90. The predicted molar refractivity (Wildman–Crippen MR) is 66.6 cm³/mol. The third kappa shape index (κ3) is 2.23. The summed E-state index contributed by atoms with van der Waals surface area (Å²) >= 11 is 4.71. The molecule has 0 fully saturated rings. The van der Waals surface area contributed by atoms with Crippen molar-refractivity contribution in [2.75, 3.05) is 6.61 Å². The van der Waals surface area contributed by atoms with Crippen molar-refractivity contribution >= 4 is 29.1 Å². The number of benzene rings is 1. The van der Waals surface area contributed by atoms with Gasteiger partial charge in [0, 0.05) is 0 Å². The molecule has 112 valence electrons. The molecule has 0 radical (unpaired) electrons. The number of aromatic hydroxyl groups is 1. The van der Waals surface area contributed by atoms with Gasteiger partial charge in [-0.25, -0.2) is 22.4 Å². The predicted octanol–water partition coefficient (Wildman–Crippen LogP) is 3.34. The largest absolute Gasteiger partial charge is 0.506 e. The van der Waals surface area contributed by atoms with Crippen LogP contribution in [0.3, 0.4) is 0 Å². The molecule has 1 aromatic heterocycles. The van der Waals surface area contributed by atoms with E-state index >= 15 is 0 Å². The number of pyridine rings is 1. The maximum atomic E-state index is 13.7. The van der Waals surface area contributed by atoms with Gasteiger partial charge in [0.2, 0.25) is 0 Å². The minimum Gasteiger partial charge on any atom is -0.506 e. The second kappa shape index (κ2) is 5.32. The molecule has 0 spiro atoms. The Balaban J connectivity index is 2.96. The fourth-order valence-corrected chi connectivity index (χ4v) is 2.05. The van der Waals surface area contributed by atoms with Gasteiger partial charge >= 0.3 is 5.97 Å². The Labute approximate surface area is 120 Å². The Hall–Kier alpha value is -2.16. The molecular formula is C12H7F4NO3S. The molecular weight excluding hydrogens is 314 g/mol. The summed E-state index contributed by atoms with van der Waals surface area (Å²) in [6.45, 7) is 1.40. The number of H-pyrrole nitrogens is 1. The third-order valence-corrected chi connectivity index (χ3v) is 2.99. The molecule has 0 amide bonds. The molecule has 0 aliphatic carbocycles. The molecule has 2 aromatic rings. The molecule has 1 heterocycles. The first-order valence-corrected chi connectivity index (χ1v) is 6.00. The lowest BCUT2D eigenvalue weighted by Gasteiger charge is -2.10. The van der Waals surface area contributed by atoms with Gasteiger partial charge in [0.05, 0.1) is 17.5 Å². The molecule has 1 aromatic carbocycles. The number of ether oxygens (including phenoxy) is 1. The highest BCUT2D eigenvalue weighted by atomic mass is 32.1. The number of rotatable bonds is 2. The summed E-state index contributed by atoms with van der Waals surface area (Å²) < 4.78 is 57.8. The highest BCUT2D eigenvalue weighted by molar-refractivity contribution is 7.71. The zero-order valence-electron chi connectivity index (χ0n) is 10.4. The van der Waals surface area contributed by atoms with Crippen LogP contribution in [0.2, 0.25) is 0 Å². The van der Waals surface area contributed by atoms with Crippen LogP contribution in [0.15, 0.2) is 0 Å². The second-order valence-corrected chi connectivity index (χ2v) is 4.31. The average molecular weight is 321 g/mol. The summed E-state index contributed by atoms with van der Waals surface area (Å²) in [5.41, 5.74) is -1.55. The van der Waals surface area contributed by atoms with E-state index in [-0.39, 0.29) is 6.61 Å². The van der Waals surface area contributed by atoms with Crippen molar-refractivity contribution in [3.63, 3.8) is 0 Å². The monoisotopic (exact) mass is 321 g/mol. The van der Waals surface area contributed by atoms with E-state index in [4.69, 9.17) is 12.2 Å². The summed E-state index contributed by atoms with van der Waals surface area (Å²) in [6.07, 6.45) is 0. The normalized spacial score (nSPS) is 10.9. The lowest BCUT2D eigenvalue weighted by Crippen LogP contribution is -2.09. The molecule has 9 heteroatoms. The van der Waals surface area contributed by atoms with Crippen molar-refractivity contribution in [1.29, 1.82) is 0 Å². The highest BCUT2D eigenvalue weighted by Gasteiger charge is 2.27. The molecule has 0 aliphatic heterocycles. The maximum absolute atomic E-state index is 13.7. The highest BCUT2D eigenvalue weighted by Crippen LogP contribution is 2.34. The minimum absolute atomic E-state index is 0.0697. The van der Waals surface area contributed by atoms with E-state index in [1.54, 1.807) is 0 Å². The van der Waals surface area contributed by atoms with Crippen molar-refractivity contribution in [3.8, 4) is 5.75 Å². The summed E-state index contributed by atoms with van der Waals surface area (Å²) in [7, 11) is 0. The summed E-state index contributed by atoms with van der Waals surface area (Å²) in [5, 5.41) is 8.84. The van der Waals surface area contributed by atoms with Crippen LogP contribution in [-0.4, -0.2) is 22.7 Å². The van der Waals surface area contributed by atoms with E-state index in [1.165, 1.54) is 6.92 Å². The van der Waals surface area contributed by atoms with Crippen LogP contribution in [-0.2, 0) is 4.74 Å². The minimum atomic E-state index is -2.12. The Bertz CT molecular complexity index is 819. The summed E-state index contributed by atoms with van der Waals surface area (Å²) in [6, 6.07) is 0. The van der Waals surface area contributed by atoms with Crippen LogP contribution in [0.5, 0.6) is 5.75 Å². The van der Waals surface area contributed by atoms with E-state index in [2.05, 4.69) is 4.74 Å². The number of carbonyl (C=O) groups excluding carboxylic acids is 1. The Morgan fingerprint density at radius 1 is 1.19 bits per heavy atom. The SMILES string of the molecule is CCOC(=O)c1c(O)c2c(F)c(F)c(F)c(F)c2[nH]c1=S. The van der Waals surface area contributed by atoms with Gasteiger partial charge < -0.3 is 14.8 Å². The Morgan fingerprint density at radius 3 is 2.33 bits per heavy atom. The lowest BCUT2D eigenvalue weighted by molar-refractivity contribution is 0.0522. The number of hydrogen-bond donors (Lipinski definition) is 2. The fraction of sp³-hybridized carbons (Fsp3) is 0.167. The molecule has 0 bridgehead atoms. The zero-order chi connectivity index (χ0) is 15.9. The summed E-state index contributed by atoms with van der Waals surface area (Å²) in [5.74, 6) is -10.0. The first kappa shape index (κ1) is 15.2. The quantitative estimate of drug-likeness (QED) is 0.293. The first-order valence-electron chi connectivity index (χ1n) is 5.59. The van der Waals surface area contributed by atoms with Crippen LogP contribution >= 0.6 is 12.2 Å². The van der Waals surface area contributed by atoms with Gasteiger partial charge in [0.1, 0.15) is 16.0 Å². The smallest absolute Gasteiger partial charge is 0.344 e. The number of halogens is 4. The molecule has 2 rings (SSSR count). The van der Waals surface area contributed by atoms with Crippen molar-refractivity contribution in [1.82, 2.24) is 4.98 Å².